The van der Waals surface area contributed by atoms with Crippen LogP contribution in [0.4, 0.5) is 0 Å². The van der Waals surface area contributed by atoms with Crippen molar-refractivity contribution in [2.45, 2.75) is 11.0 Å². The van der Waals surface area contributed by atoms with Crippen LogP contribution >= 0.6 is 34.3 Å². The Bertz CT molecular complexity index is 920. The Labute approximate surface area is 153 Å². The molecule has 3 rings (SSSR count). The van der Waals surface area contributed by atoms with Gasteiger partial charge in [0.05, 0.1) is 5.02 Å². The standard InChI is InChI=1S/C16H14ClNO3S3/c17-11-4-1-2-6-16(11)24(20,21)18-10-12(19)13-7-8-15(23-13)14-5-3-9-22-14/h1-9,12,18-19H,10H2. The predicted octanol–water partition coefficient (Wildman–Crippen LogP) is 4.14. The summed E-state index contributed by atoms with van der Waals surface area (Å²) in [5.41, 5.74) is 0. The third-order valence-electron chi connectivity index (χ3n) is 3.31. The number of aliphatic hydroxyl groups is 1. The van der Waals surface area contributed by atoms with Crippen LogP contribution in [0.2, 0.25) is 5.02 Å². The molecule has 1 unspecified atom stereocenters. The van der Waals surface area contributed by atoms with Crippen molar-refractivity contribution in [1.82, 2.24) is 4.72 Å². The number of halogens is 1. The van der Waals surface area contributed by atoms with Gasteiger partial charge >= 0.3 is 0 Å². The van der Waals surface area contributed by atoms with Crippen molar-refractivity contribution in [2.24, 2.45) is 0 Å². The first-order valence-electron chi connectivity index (χ1n) is 7.03. The fraction of sp³-hybridized carbons (Fsp3) is 0.125. The Kier molecular flexibility index (Phi) is 5.39. The fourth-order valence-electron chi connectivity index (χ4n) is 2.11. The second kappa shape index (κ2) is 7.35. The largest absolute Gasteiger partial charge is 0.386 e. The summed E-state index contributed by atoms with van der Waals surface area (Å²) in [6, 6.07) is 13.9. The number of nitrogens with one attached hydrogen (secondary N) is 1. The molecule has 8 heteroatoms. The van der Waals surface area contributed by atoms with Crippen molar-refractivity contribution >= 4 is 44.3 Å². The van der Waals surface area contributed by atoms with Crippen molar-refractivity contribution in [3.05, 3.63) is 63.8 Å². The third kappa shape index (κ3) is 3.88. The zero-order chi connectivity index (χ0) is 17.2. The van der Waals surface area contributed by atoms with E-state index in [4.69, 9.17) is 11.6 Å². The molecule has 0 aliphatic carbocycles. The molecule has 2 aromatic heterocycles. The Morgan fingerprint density at radius 3 is 2.58 bits per heavy atom. The van der Waals surface area contributed by atoms with E-state index in [1.54, 1.807) is 23.5 Å². The van der Waals surface area contributed by atoms with Crippen LogP contribution in [0.3, 0.4) is 0 Å². The normalized spacial score (nSPS) is 13.1. The molecule has 1 atom stereocenters. The van der Waals surface area contributed by atoms with Gasteiger partial charge in [0.2, 0.25) is 10.0 Å². The highest BCUT2D eigenvalue weighted by Gasteiger charge is 2.20. The number of aliphatic hydroxyl groups excluding tert-OH is 1. The quantitative estimate of drug-likeness (QED) is 0.654. The Balaban J connectivity index is 1.69. The van der Waals surface area contributed by atoms with Crippen LogP contribution in [0.15, 0.2) is 58.8 Å². The van der Waals surface area contributed by atoms with E-state index in [0.717, 1.165) is 9.75 Å². The van der Waals surface area contributed by atoms with Gasteiger partial charge in [-0.15, -0.1) is 22.7 Å². The lowest BCUT2D eigenvalue weighted by molar-refractivity contribution is 0.186. The van der Waals surface area contributed by atoms with Crippen molar-refractivity contribution in [2.75, 3.05) is 6.54 Å². The zero-order valence-corrected chi connectivity index (χ0v) is 15.6. The van der Waals surface area contributed by atoms with Gasteiger partial charge in [0.15, 0.2) is 0 Å². The Hall–Kier alpha value is -1.22. The molecule has 0 spiro atoms. The third-order valence-corrected chi connectivity index (χ3v) is 7.49. The van der Waals surface area contributed by atoms with E-state index < -0.39 is 16.1 Å². The highest BCUT2D eigenvalue weighted by atomic mass is 35.5. The summed E-state index contributed by atoms with van der Waals surface area (Å²) >= 11 is 8.99. The first-order valence-corrected chi connectivity index (χ1v) is 10.6. The molecule has 0 aliphatic heterocycles. The summed E-state index contributed by atoms with van der Waals surface area (Å²) in [6.45, 7) is -0.113. The minimum Gasteiger partial charge on any atom is -0.386 e. The molecule has 4 nitrogen and oxygen atoms in total. The maximum Gasteiger partial charge on any atom is 0.242 e. The van der Waals surface area contributed by atoms with Gasteiger partial charge in [0, 0.05) is 21.2 Å². The van der Waals surface area contributed by atoms with Crippen molar-refractivity contribution in [3.63, 3.8) is 0 Å². The van der Waals surface area contributed by atoms with Crippen LogP contribution < -0.4 is 4.72 Å². The second-order valence-corrected chi connectivity index (χ2v) is 9.18. The van der Waals surface area contributed by atoms with E-state index in [2.05, 4.69) is 4.72 Å². The van der Waals surface area contributed by atoms with E-state index in [-0.39, 0.29) is 16.5 Å². The van der Waals surface area contributed by atoms with Crippen LogP contribution in [-0.4, -0.2) is 20.1 Å². The number of rotatable bonds is 6. The van der Waals surface area contributed by atoms with Gasteiger partial charge in [0.1, 0.15) is 11.0 Å². The maximum absolute atomic E-state index is 12.3. The summed E-state index contributed by atoms with van der Waals surface area (Å²) in [6.07, 6.45) is -0.916. The molecule has 0 aliphatic rings. The Morgan fingerprint density at radius 2 is 1.88 bits per heavy atom. The lowest BCUT2D eigenvalue weighted by atomic mass is 10.3. The molecule has 126 valence electrons. The molecule has 0 bridgehead atoms. The topological polar surface area (TPSA) is 66.4 Å². The molecule has 3 aromatic rings. The zero-order valence-electron chi connectivity index (χ0n) is 12.3. The molecule has 0 fully saturated rings. The molecular weight excluding hydrogens is 386 g/mol. The van der Waals surface area contributed by atoms with E-state index in [1.807, 2.05) is 29.6 Å². The average Bonchev–Trinajstić information content (AvgIpc) is 3.23. The van der Waals surface area contributed by atoms with Gasteiger partial charge in [-0.25, -0.2) is 13.1 Å². The van der Waals surface area contributed by atoms with Gasteiger partial charge in [0.25, 0.3) is 0 Å². The Morgan fingerprint density at radius 1 is 1.08 bits per heavy atom. The summed E-state index contributed by atoms with van der Waals surface area (Å²) < 4.78 is 27.0. The van der Waals surface area contributed by atoms with Crippen LogP contribution in [-0.2, 0) is 10.0 Å². The van der Waals surface area contributed by atoms with Crippen molar-refractivity contribution in [3.8, 4) is 9.75 Å². The molecular formula is C16H14ClNO3S3. The van der Waals surface area contributed by atoms with Gasteiger partial charge in [-0.1, -0.05) is 29.8 Å². The summed E-state index contributed by atoms with van der Waals surface area (Å²) in [4.78, 5) is 2.88. The molecule has 2 heterocycles. The van der Waals surface area contributed by atoms with Crippen LogP contribution in [0.1, 0.15) is 11.0 Å². The molecule has 0 radical (unpaired) electrons. The molecule has 0 amide bonds. The van der Waals surface area contributed by atoms with Crippen LogP contribution in [0.25, 0.3) is 9.75 Å². The van der Waals surface area contributed by atoms with E-state index in [9.17, 15) is 13.5 Å². The SMILES string of the molecule is O=S(=O)(NCC(O)c1ccc(-c2cccs2)s1)c1ccccc1Cl. The van der Waals surface area contributed by atoms with E-state index in [1.165, 1.54) is 23.5 Å². The first-order chi connectivity index (χ1) is 11.5. The van der Waals surface area contributed by atoms with Gasteiger partial charge in [-0.05, 0) is 35.7 Å². The maximum atomic E-state index is 12.3. The van der Waals surface area contributed by atoms with Gasteiger partial charge in [-0.2, -0.15) is 0 Å². The lowest BCUT2D eigenvalue weighted by Crippen LogP contribution is -2.28. The smallest absolute Gasteiger partial charge is 0.242 e. The summed E-state index contributed by atoms with van der Waals surface area (Å²) in [7, 11) is -3.77. The van der Waals surface area contributed by atoms with Gasteiger partial charge in [-0.3, -0.25) is 0 Å². The minimum atomic E-state index is -3.77. The van der Waals surface area contributed by atoms with E-state index >= 15 is 0 Å². The van der Waals surface area contributed by atoms with Crippen LogP contribution in [0.5, 0.6) is 0 Å². The number of hydrogen-bond donors (Lipinski definition) is 2. The minimum absolute atomic E-state index is 0.00400. The summed E-state index contributed by atoms with van der Waals surface area (Å²) in [5, 5.41) is 12.4. The highest BCUT2D eigenvalue weighted by molar-refractivity contribution is 7.89. The first kappa shape index (κ1) is 17.6. The van der Waals surface area contributed by atoms with Crippen molar-refractivity contribution in [1.29, 1.82) is 0 Å². The highest BCUT2D eigenvalue weighted by Crippen LogP contribution is 2.34. The second-order valence-electron chi connectivity index (χ2n) is 4.98. The summed E-state index contributed by atoms with van der Waals surface area (Å²) in [5.74, 6) is 0. The molecule has 1 aromatic carbocycles. The molecule has 2 N–H and O–H groups in total. The van der Waals surface area contributed by atoms with Crippen LogP contribution in [0, 0.1) is 0 Å². The molecule has 0 saturated heterocycles. The number of thiophene rings is 2. The van der Waals surface area contributed by atoms with Gasteiger partial charge < -0.3 is 5.11 Å². The number of sulfonamides is 1. The number of benzene rings is 1. The molecule has 0 saturated carbocycles. The van der Waals surface area contributed by atoms with E-state index in [0.29, 0.717) is 4.88 Å². The number of hydrogen-bond acceptors (Lipinski definition) is 5. The van der Waals surface area contributed by atoms with Crippen molar-refractivity contribution < 1.29 is 13.5 Å². The fourth-order valence-corrected chi connectivity index (χ4v) is 5.50. The average molecular weight is 400 g/mol. The predicted molar refractivity (Wildman–Crippen MR) is 99.2 cm³/mol. The lowest BCUT2D eigenvalue weighted by Gasteiger charge is -2.11. The monoisotopic (exact) mass is 399 g/mol. The molecule has 24 heavy (non-hydrogen) atoms.